The Morgan fingerprint density at radius 2 is 1.61 bits per heavy atom. The van der Waals surface area contributed by atoms with Gasteiger partial charge in [0.2, 0.25) is 0 Å². The van der Waals surface area contributed by atoms with Crippen LogP contribution in [0.15, 0.2) is 78.9 Å². The first-order valence-corrected chi connectivity index (χ1v) is 11.5. The Balaban J connectivity index is 1.17. The van der Waals surface area contributed by atoms with Crippen molar-refractivity contribution < 1.29 is 5.11 Å². The Hall–Kier alpha value is -2.62. The molecule has 2 aliphatic rings. The quantitative estimate of drug-likeness (QED) is 0.550. The van der Waals surface area contributed by atoms with E-state index in [4.69, 9.17) is 0 Å². The van der Waals surface area contributed by atoms with Gasteiger partial charge < -0.3 is 10.4 Å². The molecule has 1 aliphatic carbocycles. The molecule has 2 fully saturated rings. The molecular weight excluding hydrogens is 380 g/mol. The zero-order valence-corrected chi connectivity index (χ0v) is 18.2. The topological polar surface area (TPSA) is 35.5 Å². The van der Waals surface area contributed by atoms with Crippen LogP contribution in [0.3, 0.4) is 0 Å². The van der Waals surface area contributed by atoms with E-state index in [2.05, 4.69) is 83.9 Å². The lowest BCUT2D eigenvalue weighted by molar-refractivity contribution is 0.282. The number of likely N-dealkylation sites (tertiary alicyclic amines) is 1. The maximum absolute atomic E-state index is 10.5. The fourth-order valence-electron chi connectivity index (χ4n) is 5.42. The molecule has 3 heteroatoms. The average molecular weight is 413 g/mol. The van der Waals surface area contributed by atoms with Crippen molar-refractivity contribution in [2.24, 2.45) is 11.8 Å². The van der Waals surface area contributed by atoms with Gasteiger partial charge in [-0.15, -0.1) is 0 Å². The summed E-state index contributed by atoms with van der Waals surface area (Å²) >= 11 is 0. The number of phenols is 1. The molecule has 3 aromatic rings. The minimum atomic E-state index is 0.210. The van der Waals surface area contributed by atoms with Crippen molar-refractivity contribution in [2.45, 2.75) is 31.8 Å². The Morgan fingerprint density at radius 1 is 0.935 bits per heavy atom. The van der Waals surface area contributed by atoms with E-state index in [1.807, 2.05) is 12.1 Å². The maximum Gasteiger partial charge on any atom is 0.119 e. The van der Waals surface area contributed by atoms with E-state index < -0.39 is 0 Å². The highest BCUT2D eigenvalue weighted by Gasteiger charge is 2.55. The fraction of sp³-hybridized carbons (Fsp3) is 0.357. The Labute approximate surface area is 185 Å². The van der Waals surface area contributed by atoms with E-state index in [0.717, 1.165) is 36.9 Å². The summed E-state index contributed by atoms with van der Waals surface area (Å²) in [5.74, 6) is 2.21. The van der Waals surface area contributed by atoms with E-state index in [1.54, 1.807) is 0 Å². The van der Waals surface area contributed by atoms with Crippen LogP contribution in [0.4, 0.5) is 0 Å². The molecule has 160 valence electrons. The number of piperidine rings is 1. The van der Waals surface area contributed by atoms with E-state index in [1.165, 1.54) is 29.8 Å². The maximum atomic E-state index is 10.5. The van der Waals surface area contributed by atoms with Crippen LogP contribution in [-0.4, -0.2) is 35.7 Å². The highest BCUT2D eigenvalue weighted by atomic mass is 16.3. The molecule has 0 aromatic heterocycles. The summed E-state index contributed by atoms with van der Waals surface area (Å²) in [6, 6.07) is 28.0. The molecule has 3 nitrogen and oxygen atoms in total. The van der Waals surface area contributed by atoms with Gasteiger partial charge in [-0.3, -0.25) is 4.90 Å². The molecule has 0 radical (unpaired) electrons. The molecular formula is C28H32N2O. The predicted octanol–water partition coefficient (Wildman–Crippen LogP) is 4.94. The number of aryl methyl sites for hydroxylation is 1. The third kappa shape index (κ3) is 4.53. The number of phenolic OH excluding ortho intramolecular Hbond substituents is 1. The minimum absolute atomic E-state index is 0.210. The van der Waals surface area contributed by atoms with Gasteiger partial charge in [-0.05, 0) is 48.9 Å². The van der Waals surface area contributed by atoms with Gasteiger partial charge >= 0.3 is 0 Å². The summed E-state index contributed by atoms with van der Waals surface area (Å²) in [6.07, 6.45) is 0.991. The van der Waals surface area contributed by atoms with E-state index in [9.17, 15) is 5.11 Å². The van der Waals surface area contributed by atoms with Crippen molar-refractivity contribution in [3.8, 4) is 5.75 Å². The van der Waals surface area contributed by atoms with Crippen LogP contribution in [0.1, 0.15) is 34.6 Å². The monoisotopic (exact) mass is 412 g/mol. The standard InChI is InChI=1S/C28H32N2O/c1-20-12-13-27(31)24(16-20)23(22-10-6-3-7-11-22)14-15-29-28-25-18-30(19-26(25)28)17-21-8-4-2-5-9-21/h2-13,16,23,25-26,28-29,31H,14-15,17-19H2,1H3/t23?,25-,26+,28?. The SMILES string of the molecule is Cc1ccc(O)c(C(CCNC2[C@H]3CN(Cc4ccccc4)C[C@@H]23)c2ccccc2)c1. The molecule has 4 atom stereocenters. The van der Waals surface area contributed by atoms with Crippen molar-refractivity contribution in [1.82, 2.24) is 10.2 Å². The van der Waals surface area contributed by atoms with Gasteiger partial charge in [0.1, 0.15) is 5.75 Å². The number of hydrogen-bond donors (Lipinski definition) is 2. The van der Waals surface area contributed by atoms with Crippen LogP contribution in [0, 0.1) is 18.8 Å². The number of nitrogens with zero attached hydrogens (tertiary/aromatic N) is 1. The van der Waals surface area contributed by atoms with Gasteiger partial charge in [0, 0.05) is 37.2 Å². The smallest absolute Gasteiger partial charge is 0.119 e. The van der Waals surface area contributed by atoms with Crippen LogP contribution in [-0.2, 0) is 6.54 Å². The van der Waals surface area contributed by atoms with Gasteiger partial charge in [-0.2, -0.15) is 0 Å². The highest BCUT2D eigenvalue weighted by molar-refractivity contribution is 5.43. The summed E-state index contributed by atoms with van der Waals surface area (Å²) in [6.45, 7) is 6.55. The lowest BCUT2D eigenvalue weighted by atomic mass is 9.87. The van der Waals surface area contributed by atoms with Crippen molar-refractivity contribution >= 4 is 0 Å². The second kappa shape index (κ2) is 8.86. The third-order valence-corrected chi connectivity index (χ3v) is 7.09. The molecule has 0 bridgehead atoms. The van der Waals surface area contributed by atoms with E-state index >= 15 is 0 Å². The second-order valence-electron chi connectivity index (χ2n) is 9.30. The molecule has 3 aromatic carbocycles. The summed E-state index contributed by atoms with van der Waals surface area (Å²) in [7, 11) is 0. The zero-order chi connectivity index (χ0) is 21.2. The van der Waals surface area contributed by atoms with Crippen LogP contribution in [0.25, 0.3) is 0 Å². The first-order valence-electron chi connectivity index (χ1n) is 11.5. The Kier molecular flexibility index (Phi) is 5.80. The first-order chi connectivity index (χ1) is 15.2. The Bertz CT molecular complexity index is 992. The number of fused-ring (bicyclic) bond motifs is 1. The predicted molar refractivity (Wildman–Crippen MR) is 126 cm³/mol. The third-order valence-electron chi connectivity index (χ3n) is 7.09. The molecule has 2 unspecified atom stereocenters. The highest BCUT2D eigenvalue weighted by Crippen LogP contribution is 2.46. The number of hydrogen-bond acceptors (Lipinski definition) is 3. The van der Waals surface area contributed by atoms with Crippen LogP contribution in [0.5, 0.6) is 5.75 Å². The molecule has 5 rings (SSSR count). The van der Waals surface area contributed by atoms with Crippen molar-refractivity contribution in [3.05, 3.63) is 101 Å². The van der Waals surface area contributed by atoms with Crippen molar-refractivity contribution in [1.29, 1.82) is 0 Å². The Morgan fingerprint density at radius 3 is 2.32 bits per heavy atom. The normalized spacial score (nSPS) is 23.5. The number of benzene rings is 3. The van der Waals surface area contributed by atoms with Crippen LogP contribution < -0.4 is 5.32 Å². The molecule has 1 heterocycles. The lowest BCUT2D eigenvalue weighted by Gasteiger charge is -2.22. The molecule has 2 N–H and O–H groups in total. The molecule has 1 saturated heterocycles. The summed E-state index contributed by atoms with van der Waals surface area (Å²) < 4.78 is 0. The van der Waals surface area contributed by atoms with Crippen LogP contribution >= 0.6 is 0 Å². The number of nitrogens with one attached hydrogen (secondary N) is 1. The number of aromatic hydroxyl groups is 1. The van der Waals surface area contributed by atoms with Gasteiger partial charge in [-0.1, -0.05) is 78.4 Å². The van der Waals surface area contributed by atoms with Gasteiger partial charge in [0.15, 0.2) is 0 Å². The fourth-order valence-corrected chi connectivity index (χ4v) is 5.42. The van der Waals surface area contributed by atoms with Crippen LogP contribution in [0.2, 0.25) is 0 Å². The summed E-state index contributed by atoms with van der Waals surface area (Å²) in [5.41, 5.74) is 4.92. The summed E-state index contributed by atoms with van der Waals surface area (Å²) in [5, 5.41) is 14.4. The number of rotatable bonds is 8. The van der Waals surface area contributed by atoms with E-state index in [-0.39, 0.29) is 5.92 Å². The molecule has 31 heavy (non-hydrogen) atoms. The average Bonchev–Trinajstić information content (AvgIpc) is 3.24. The minimum Gasteiger partial charge on any atom is -0.508 e. The second-order valence-corrected chi connectivity index (χ2v) is 9.30. The molecule has 1 aliphatic heterocycles. The van der Waals surface area contributed by atoms with E-state index in [0.29, 0.717) is 11.8 Å². The molecule has 1 saturated carbocycles. The largest absolute Gasteiger partial charge is 0.508 e. The van der Waals surface area contributed by atoms with Gasteiger partial charge in [0.05, 0.1) is 0 Å². The first kappa shape index (κ1) is 20.3. The van der Waals surface area contributed by atoms with Crippen molar-refractivity contribution in [3.63, 3.8) is 0 Å². The van der Waals surface area contributed by atoms with Gasteiger partial charge in [0.25, 0.3) is 0 Å². The van der Waals surface area contributed by atoms with Gasteiger partial charge in [-0.25, -0.2) is 0 Å². The zero-order valence-electron chi connectivity index (χ0n) is 18.2. The molecule has 0 amide bonds. The molecule has 0 spiro atoms. The summed E-state index contributed by atoms with van der Waals surface area (Å²) in [4.78, 5) is 2.60. The lowest BCUT2D eigenvalue weighted by Crippen LogP contribution is -2.32. The van der Waals surface area contributed by atoms with Crippen molar-refractivity contribution in [2.75, 3.05) is 19.6 Å².